The molecule has 3 nitrogen and oxygen atoms in total. The first-order valence-electron chi connectivity index (χ1n) is 5.30. The van der Waals surface area contributed by atoms with Gasteiger partial charge in [0.15, 0.2) is 0 Å². The number of halogens is 1. The Morgan fingerprint density at radius 2 is 1.93 bits per heavy atom. The minimum atomic E-state index is -0.432. The molecule has 0 spiro atoms. The van der Waals surface area contributed by atoms with Crippen LogP contribution in [0.5, 0.6) is 0 Å². The van der Waals surface area contributed by atoms with Gasteiger partial charge in [-0.2, -0.15) is 0 Å². The molecule has 0 aromatic heterocycles. The first kappa shape index (κ1) is 14.8. The minimum absolute atomic E-state index is 0.139. The van der Waals surface area contributed by atoms with Crippen LogP contribution in [-0.2, 0) is 4.74 Å². The smallest absolute Gasteiger partial charge is 0.407 e. The van der Waals surface area contributed by atoms with Crippen molar-refractivity contribution in [1.29, 1.82) is 0 Å². The van der Waals surface area contributed by atoms with Gasteiger partial charge in [0.05, 0.1) is 0 Å². The summed E-state index contributed by atoms with van der Waals surface area (Å²) in [7, 11) is 0. The molecule has 1 unspecified atom stereocenters. The highest BCUT2D eigenvalue weighted by Gasteiger charge is 2.19. The van der Waals surface area contributed by atoms with E-state index in [1.807, 2.05) is 20.8 Å². The second-order valence-corrected chi connectivity index (χ2v) is 5.77. The number of hydrogen-bond donors (Lipinski definition) is 1. The Balaban J connectivity index is 4.02. The highest BCUT2D eigenvalue weighted by atomic mass is 79.9. The Bertz CT molecular complexity index is 199. The summed E-state index contributed by atoms with van der Waals surface area (Å²) < 4.78 is 5.18. The van der Waals surface area contributed by atoms with E-state index in [9.17, 15) is 4.79 Å². The predicted molar refractivity (Wildman–Crippen MR) is 66.4 cm³/mol. The molecule has 90 valence electrons. The highest BCUT2D eigenvalue weighted by Crippen LogP contribution is 2.10. The standard InChI is InChI=1S/C11H22BrNO2/c1-8(2)6-9(7-12)13-10(14)15-11(3,4)5/h8-9H,6-7H2,1-5H3,(H,13,14). The fourth-order valence-corrected chi connectivity index (χ4v) is 1.63. The van der Waals surface area contributed by atoms with Gasteiger partial charge >= 0.3 is 6.09 Å². The molecule has 0 radical (unpaired) electrons. The summed E-state index contributed by atoms with van der Waals surface area (Å²) in [6.45, 7) is 9.84. The van der Waals surface area contributed by atoms with Crippen LogP contribution >= 0.6 is 15.9 Å². The Morgan fingerprint density at radius 1 is 1.40 bits per heavy atom. The van der Waals surface area contributed by atoms with E-state index in [1.165, 1.54) is 0 Å². The van der Waals surface area contributed by atoms with Crippen LogP contribution in [0.1, 0.15) is 41.0 Å². The molecule has 0 aromatic carbocycles. The molecule has 1 atom stereocenters. The maximum Gasteiger partial charge on any atom is 0.407 e. The number of hydrogen-bond acceptors (Lipinski definition) is 2. The lowest BCUT2D eigenvalue weighted by Crippen LogP contribution is -2.40. The summed E-state index contributed by atoms with van der Waals surface area (Å²) >= 11 is 3.38. The predicted octanol–water partition coefficient (Wildman–Crippen LogP) is 3.32. The van der Waals surface area contributed by atoms with Gasteiger partial charge in [0.1, 0.15) is 5.60 Å². The molecule has 1 N–H and O–H groups in total. The van der Waals surface area contributed by atoms with Gasteiger partial charge in [-0.15, -0.1) is 0 Å². The van der Waals surface area contributed by atoms with Crippen LogP contribution < -0.4 is 5.32 Å². The average molecular weight is 280 g/mol. The lowest BCUT2D eigenvalue weighted by molar-refractivity contribution is 0.0505. The molecule has 15 heavy (non-hydrogen) atoms. The monoisotopic (exact) mass is 279 g/mol. The van der Waals surface area contributed by atoms with Crippen LogP contribution in [-0.4, -0.2) is 23.1 Å². The molecule has 0 saturated carbocycles. The topological polar surface area (TPSA) is 38.3 Å². The second kappa shape index (κ2) is 6.36. The molecule has 0 fully saturated rings. The van der Waals surface area contributed by atoms with Crippen LogP contribution in [0.2, 0.25) is 0 Å². The number of carbonyl (C=O) groups excluding carboxylic acids is 1. The van der Waals surface area contributed by atoms with E-state index < -0.39 is 5.60 Å². The van der Waals surface area contributed by atoms with E-state index in [1.54, 1.807) is 0 Å². The molecule has 0 saturated heterocycles. The third-order valence-corrected chi connectivity index (χ3v) is 2.44. The molecule has 0 rings (SSSR count). The third kappa shape index (κ3) is 8.73. The normalized spacial score (nSPS) is 13.8. The average Bonchev–Trinajstić information content (AvgIpc) is 1.98. The molecule has 0 heterocycles. The maximum absolute atomic E-state index is 11.5. The van der Waals surface area contributed by atoms with E-state index in [0.717, 1.165) is 11.8 Å². The Labute approximate surface area is 101 Å². The zero-order chi connectivity index (χ0) is 12.1. The van der Waals surface area contributed by atoms with E-state index in [0.29, 0.717) is 5.92 Å². The fourth-order valence-electron chi connectivity index (χ4n) is 1.20. The summed E-state index contributed by atoms with van der Waals surface area (Å²) in [4.78, 5) is 11.5. The van der Waals surface area contributed by atoms with E-state index >= 15 is 0 Å². The lowest BCUT2D eigenvalue weighted by atomic mass is 10.1. The SMILES string of the molecule is CC(C)CC(CBr)NC(=O)OC(C)(C)C. The highest BCUT2D eigenvalue weighted by molar-refractivity contribution is 9.09. The number of nitrogens with one attached hydrogen (secondary N) is 1. The van der Waals surface area contributed by atoms with Crippen molar-refractivity contribution in [2.24, 2.45) is 5.92 Å². The number of alkyl halides is 1. The van der Waals surface area contributed by atoms with Crippen molar-refractivity contribution in [2.45, 2.75) is 52.7 Å². The van der Waals surface area contributed by atoms with Crippen LogP contribution in [0.4, 0.5) is 4.79 Å². The number of ether oxygens (including phenoxy) is 1. The van der Waals surface area contributed by atoms with Gasteiger partial charge in [0.2, 0.25) is 0 Å². The molecule has 0 bridgehead atoms. The summed E-state index contributed by atoms with van der Waals surface area (Å²) in [5.74, 6) is 0.558. The van der Waals surface area contributed by atoms with Crippen molar-refractivity contribution in [3.63, 3.8) is 0 Å². The molecule has 0 aromatic rings. The molecule has 0 aliphatic rings. The summed E-state index contributed by atoms with van der Waals surface area (Å²) in [5, 5.41) is 3.60. The van der Waals surface area contributed by atoms with E-state index in [4.69, 9.17) is 4.74 Å². The number of rotatable bonds is 4. The van der Waals surface area contributed by atoms with Crippen LogP contribution in [0, 0.1) is 5.92 Å². The summed E-state index contributed by atoms with van der Waals surface area (Å²) in [5.41, 5.74) is -0.432. The summed E-state index contributed by atoms with van der Waals surface area (Å²) in [6, 6.07) is 0.139. The van der Waals surface area contributed by atoms with Gasteiger partial charge < -0.3 is 10.1 Å². The van der Waals surface area contributed by atoms with Crippen molar-refractivity contribution in [3.05, 3.63) is 0 Å². The second-order valence-electron chi connectivity index (χ2n) is 5.13. The molecule has 4 heteroatoms. The Morgan fingerprint density at radius 3 is 2.27 bits per heavy atom. The van der Waals surface area contributed by atoms with Crippen molar-refractivity contribution in [2.75, 3.05) is 5.33 Å². The van der Waals surface area contributed by atoms with E-state index in [2.05, 4.69) is 35.1 Å². The molecular weight excluding hydrogens is 258 g/mol. The minimum Gasteiger partial charge on any atom is -0.444 e. The van der Waals surface area contributed by atoms with Crippen molar-refractivity contribution >= 4 is 22.0 Å². The maximum atomic E-state index is 11.5. The van der Waals surface area contributed by atoms with E-state index in [-0.39, 0.29) is 12.1 Å². The van der Waals surface area contributed by atoms with Gasteiger partial charge in [-0.05, 0) is 33.1 Å². The number of amides is 1. The van der Waals surface area contributed by atoms with Gasteiger partial charge in [-0.1, -0.05) is 29.8 Å². The van der Waals surface area contributed by atoms with Crippen LogP contribution in [0.25, 0.3) is 0 Å². The van der Waals surface area contributed by atoms with Gasteiger partial charge in [-0.3, -0.25) is 0 Å². The van der Waals surface area contributed by atoms with Gasteiger partial charge in [-0.25, -0.2) is 4.79 Å². The van der Waals surface area contributed by atoms with Crippen molar-refractivity contribution < 1.29 is 9.53 Å². The van der Waals surface area contributed by atoms with Crippen molar-refractivity contribution in [3.8, 4) is 0 Å². The fraction of sp³-hybridized carbons (Fsp3) is 0.909. The zero-order valence-corrected chi connectivity index (χ0v) is 11.8. The Hall–Kier alpha value is -0.250. The van der Waals surface area contributed by atoms with Crippen molar-refractivity contribution in [1.82, 2.24) is 5.32 Å². The molecule has 1 amide bonds. The lowest BCUT2D eigenvalue weighted by Gasteiger charge is -2.23. The van der Waals surface area contributed by atoms with Gasteiger partial charge in [0.25, 0.3) is 0 Å². The third-order valence-electron chi connectivity index (χ3n) is 1.66. The molecule has 0 aliphatic carbocycles. The number of alkyl carbamates (subject to hydrolysis) is 1. The first-order chi connectivity index (χ1) is 6.74. The van der Waals surface area contributed by atoms with Crippen LogP contribution in [0.3, 0.4) is 0 Å². The quantitative estimate of drug-likeness (QED) is 0.802. The number of carbonyl (C=O) groups is 1. The summed E-state index contributed by atoms with van der Waals surface area (Å²) in [6.07, 6.45) is 0.609. The molecular formula is C11H22BrNO2. The largest absolute Gasteiger partial charge is 0.444 e. The van der Waals surface area contributed by atoms with Crippen LogP contribution in [0.15, 0.2) is 0 Å². The van der Waals surface area contributed by atoms with Gasteiger partial charge in [0, 0.05) is 11.4 Å². The Kier molecular flexibility index (Phi) is 6.25. The first-order valence-corrected chi connectivity index (χ1v) is 6.42. The zero-order valence-electron chi connectivity index (χ0n) is 10.3. The molecule has 0 aliphatic heterocycles.